The number of pyridine rings is 2. The maximum atomic E-state index is 4.68. The molecule has 1 saturated carbocycles. The fourth-order valence-electron chi connectivity index (χ4n) is 4.24. The molecule has 29 heavy (non-hydrogen) atoms. The molecule has 5 rings (SSSR count). The summed E-state index contributed by atoms with van der Waals surface area (Å²) in [6.07, 6.45) is 12.2. The van der Waals surface area contributed by atoms with E-state index in [1.54, 1.807) is 6.20 Å². The van der Waals surface area contributed by atoms with E-state index in [-0.39, 0.29) is 0 Å². The Morgan fingerprint density at radius 2 is 1.90 bits per heavy atom. The molecular weight excluding hydrogens is 362 g/mol. The monoisotopic (exact) mass is 387 g/mol. The first-order valence-electron chi connectivity index (χ1n) is 10.2. The van der Waals surface area contributed by atoms with Crippen molar-refractivity contribution in [2.45, 2.75) is 37.8 Å². The Hall–Kier alpha value is -3.06. The molecule has 4 heterocycles. The van der Waals surface area contributed by atoms with Crippen LogP contribution in [0.3, 0.4) is 0 Å². The lowest BCUT2D eigenvalue weighted by atomic mass is 9.91. The van der Waals surface area contributed by atoms with Crippen molar-refractivity contribution < 1.29 is 0 Å². The van der Waals surface area contributed by atoms with E-state index in [1.807, 2.05) is 35.2 Å². The van der Waals surface area contributed by atoms with Crippen LogP contribution < -0.4 is 5.32 Å². The third kappa shape index (κ3) is 3.53. The number of hydrogen-bond acceptors (Lipinski definition) is 6. The minimum atomic E-state index is 0.441. The summed E-state index contributed by atoms with van der Waals surface area (Å²) in [4.78, 5) is 15.7. The minimum absolute atomic E-state index is 0.441. The molecule has 0 radical (unpaired) electrons. The summed E-state index contributed by atoms with van der Waals surface area (Å²) in [5.41, 5.74) is 3.84. The second-order valence-corrected chi connectivity index (χ2v) is 8.03. The molecule has 7 heteroatoms. The van der Waals surface area contributed by atoms with E-state index in [0.29, 0.717) is 18.0 Å². The Balaban J connectivity index is 1.37. The molecule has 0 unspecified atom stereocenters. The largest absolute Gasteiger partial charge is 0.350 e. The Bertz CT molecular complexity index is 1140. The summed E-state index contributed by atoms with van der Waals surface area (Å²) >= 11 is 0. The van der Waals surface area contributed by atoms with Crippen LogP contribution in [0.4, 0.5) is 5.95 Å². The van der Waals surface area contributed by atoms with Gasteiger partial charge in [-0.15, -0.1) is 5.10 Å². The summed E-state index contributed by atoms with van der Waals surface area (Å²) in [5, 5.41) is 9.23. The maximum Gasteiger partial charge on any atom is 0.241 e. The van der Waals surface area contributed by atoms with Crippen LogP contribution in [0, 0.1) is 0 Å². The van der Waals surface area contributed by atoms with Crippen LogP contribution in [0.2, 0.25) is 0 Å². The molecule has 0 atom stereocenters. The van der Waals surface area contributed by atoms with E-state index in [1.165, 1.54) is 12.8 Å². The number of rotatable bonds is 4. The molecule has 7 nitrogen and oxygen atoms in total. The van der Waals surface area contributed by atoms with Crippen molar-refractivity contribution in [2.24, 2.45) is 0 Å². The molecule has 0 spiro atoms. The summed E-state index contributed by atoms with van der Waals surface area (Å²) in [6.45, 7) is 0. The maximum absolute atomic E-state index is 4.68. The second-order valence-electron chi connectivity index (χ2n) is 8.03. The zero-order chi connectivity index (χ0) is 19.8. The SMILES string of the molecule is CN(C)[C@H]1CC[C@H](Nc2ncc3c(-c4cnc5ncccc5c4)ccn3n2)CC1. The van der Waals surface area contributed by atoms with E-state index in [0.717, 1.165) is 40.5 Å². The van der Waals surface area contributed by atoms with E-state index in [4.69, 9.17) is 0 Å². The molecular formula is C22H25N7. The summed E-state index contributed by atoms with van der Waals surface area (Å²) in [5.74, 6) is 0.689. The number of hydrogen-bond donors (Lipinski definition) is 1. The first-order chi connectivity index (χ1) is 14.2. The number of fused-ring (bicyclic) bond motifs is 2. The molecule has 0 saturated heterocycles. The highest BCUT2D eigenvalue weighted by atomic mass is 15.3. The smallest absolute Gasteiger partial charge is 0.241 e. The van der Waals surface area contributed by atoms with Gasteiger partial charge in [0.15, 0.2) is 5.65 Å². The standard InChI is InChI=1S/C22H25N7/c1-28(2)18-7-5-17(6-8-18)26-22-25-14-20-19(9-11-29(20)27-22)16-12-15-4-3-10-23-21(15)24-13-16/h3-4,9-14,17-18H,5-8H2,1-2H3,(H,26,27)/t17-,18-. The Labute approximate surface area is 169 Å². The average molecular weight is 387 g/mol. The van der Waals surface area contributed by atoms with Gasteiger partial charge in [-0.05, 0) is 64.0 Å². The van der Waals surface area contributed by atoms with Crippen LogP contribution >= 0.6 is 0 Å². The van der Waals surface area contributed by atoms with Crippen LogP contribution in [-0.4, -0.2) is 55.6 Å². The van der Waals surface area contributed by atoms with Crippen molar-refractivity contribution in [1.29, 1.82) is 0 Å². The van der Waals surface area contributed by atoms with Gasteiger partial charge in [-0.25, -0.2) is 19.5 Å². The van der Waals surface area contributed by atoms with Crippen LogP contribution in [0.5, 0.6) is 0 Å². The number of anilines is 1. The van der Waals surface area contributed by atoms with Gasteiger partial charge in [0.05, 0.1) is 11.7 Å². The quantitative estimate of drug-likeness (QED) is 0.577. The molecule has 1 aliphatic carbocycles. The lowest BCUT2D eigenvalue weighted by molar-refractivity contribution is 0.221. The predicted octanol–water partition coefficient (Wildman–Crippen LogP) is 3.62. The van der Waals surface area contributed by atoms with Crippen molar-refractivity contribution in [1.82, 2.24) is 29.5 Å². The number of nitrogens with one attached hydrogen (secondary N) is 1. The van der Waals surface area contributed by atoms with Gasteiger partial charge in [-0.2, -0.15) is 0 Å². The highest BCUT2D eigenvalue weighted by Gasteiger charge is 2.23. The minimum Gasteiger partial charge on any atom is -0.350 e. The fraction of sp³-hybridized carbons (Fsp3) is 0.364. The summed E-state index contributed by atoms with van der Waals surface area (Å²) in [7, 11) is 4.33. The normalized spacial score (nSPS) is 19.8. The molecule has 148 valence electrons. The van der Waals surface area contributed by atoms with Crippen LogP contribution in [-0.2, 0) is 0 Å². The topological polar surface area (TPSA) is 71.2 Å². The number of aromatic nitrogens is 5. The lowest BCUT2D eigenvalue weighted by Gasteiger charge is -2.32. The highest BCUT2D eigenvalue weighted by molar-refractivity contribution is 5.86. The van der Waals surface area contributed by atoms with Crippen molar-refractivity contribution in [2.75, 3.05) is 19.4 Å². The molecule has 1 fully saturated rings. The molecule has 4 aromatic heterocycles. The lowest BCUT2D eigenvalue weighted by Crippen LogP contribution is -2.36. The van der Waals surface area contributed by atoms with Gasteiger partial charge in [0.25, 0.3) is 0 Å². The van der Waals surface area contributed by atoms with Gasteiger partial charge in [-0.1, -0.05) is 0 Å². The van der Waals surface area contributed by atoms with Crippen LogP contribution in [0.1, 0.15) is 25.7 Å². The average Bonchev–Trinajstić information content (AvgIpc) is 3.17. The van der Waals surface area contributed by atoms with Gasteiger partial charge in [0.2, 0.25) is 5.95 Å². The number of nitrogens with zero attached hydrogens (tertiary/aromatic N) is 6. The second kappa shape index (κ2) is 7.40. The van der Waals surface area contributed by atoms with Crippen LogP contribution in [0.15, 0.2) is 49.1 Å². The van der Waals surface area contributed by atoms with Gasteiger partial charge < -0.3 is 10.2 Å². The Morgan fingerprint density at radius 1 is 1.03 bits per heavy atom. The van der Waals surface area contributed by atoms with Gasteiger partial charge in [-0.3, -0.25) is 0 Å². The molecule has 0 aliphatic heterocycles. The first-order valence-corrected chi connectivity index (χ1v) is 10.2. The van der Waals surface area contributed by atoms with Gasteiger partial charge >= 0.3 is 0 Å². The van der Waals surface area contributed by atoms with E-state index >= 15 is 0 Å². The molecule has 0 bridgehead atoms. The van der Waals surface area contributed by atoms with Crippen LogP contribution in [0.25, 0.3) is 27.7 Å². The molecule has 0 aromatic carbocycles. The third-order valence-electron chi connectivity index (χ3n) is 5.94. The third-order valence-corrected chi connectivity index (χ3v) is 5.94. The van der Waals surface area contributed by atoms with Gasteiger partial charge in [0, 0.05) is 47.2 Å². The zero-order valence-corrected chi connectivity index (χ0v) is 16.8. The van der Waals surface area contributed by atoms with E-state index in [2.05, 4.69) is 56.5 Å². The first kappa shape index (κ1) is 18.0. The summed E-state index contributed by atoms with van der Waals surface area (Å²) in [6, 6.07) is 9.26. The van der Waals surface area contributed by atoms with Crippen molar-refractivity contribution >= 4 is 22.5 Å². The fourth-order valence-corrected chi connectivity index (χ4v) is 4.24. The van der Waals surface area contributed by atoms with E-state index < -0.39 is 0 Å². The zero-order valence-electron chi connectivity index (χ0n) is 16.8. The van der Waals surface area contributed by atoms with Crippen molar-refractivity contribution in [3.63, 3.8) is 0 Å². The molecule has 1 aliphatic rings. The Kier molecular flexibility index (Phi) is 4.60. The predicted molar refractivity (Wildman–Crippen MR) is 115 cm³/mol. The highest BCUT2D eigenvalue weighted by Crippen LogP contribution is 2.27. The molecule has 1 N–H and O–H groups in total. The van der Waals surface area contributed by atoms with Crippen molar-refractivity contribution in [3.8, 4) is 11.1 Å². The van der Waals surface area contributed by atoms with Gasteiger partial charge in [0.1, 0.15) is 0 Å². The van der Waals surface area contributed by atoms with E-state index in [9.17, 15) is 0 Å². The molecule has 0 amide bonds. The Morgan fingerprint density at radius 3 is 2.72 bits per heavy atom. The summed E-state index contributed by atoms with van der Waals surface area (Å²) < 4.78 is 1.89. The molecule has 4 aromatic rings. The van der Waals surface area contributed by atoms with Crippen molar-refractivity contribution in [3.05, 3.63) is 49.1 Å².